The smallest absolute Gasteiger partial charge is 0.340 e. The van der Waals surface area contributed by atoms with E-state index in [2.05, 4.69) is 15.0 Å². The number of thiazole rings is 1. The van der Waals surface area contributed by atoms with Crippen LogP contribution in [0.5, 0.6) is 0 Å². The second-order valence-electron chi connectivity index (χ2n) is 3.62. The van der Waals surface area contributed by atoms with Crippen LogP contribution < -0.4 is 5.32 Å². The predicted octanol–water partition coefficient (Wildman–Crippen LogP) is 2.82. The molecule has 2 rings (SSSR count). The molecule has 0 atom stereocenters. The third-order valence-electron chi connectivity index (χ3n) is 2.40. The Morgan fingerprint density at radius 3 is 2.84 bits per heavy atom. The van der Waals surface area contributed by atoms with E-state index in [9.17, 15) is 13.6 Å². The van der Waals surface area contributed by atoms with Crippen molar-refractivity contribution in [1.29, 1.82) is 0 Å². The van der Waals surface area contributed by atoms with E-state index >= 15 is 0 Å². The molecule has 1 aromatic heterocycles. The van der Waals surface area contributed by atoms with Gasteiger partial charge in [0.1, 0.15) is 11.6 Å². The fourth-order valence-electron chi connectivity index (χ4n) is 1.46. The molecule has 0 saturated carbocycles. The molecule has 0 amide bonds. The van der Waals surface area contributed by atoms with Gasteiger partial charge in [0.15, 0.2) is 0 Å². The summed E-state index contributed by atoms with van der Waals surface area (Å²) >= 11 is 1.40. The second kappa shape index (κ2) is 5.75. The average Bonchev–Trinajstić information content (AvgIpc) is 2.90. The molecule has 0 aliphatic carbocycles. The quantitative estimate of drug-likeness (QED) is 0.877. The Labute approximate surface area is 112 Å². The highest BCUT2D eigenvalue weighted by Gasteiger charge is 2.16. The summed E-state index contributed by atoms with van der Waals surface area (Å²) in [5, 5.41) is 2.78. The van der Waals surface area contributed by atoms with E-state index in [1.807, 2.05) is 0 Å². The van der Waals surface area contributed by atoms with Crippen molar-refractivity contribution in [3.63, 3.8) is 0 Å². The van der Waals surface area contributed by atoms with E-state index in [1.54, 1.807) is 11.7 Å². The van der Waals surface area contributed by atoms with Crippen LogP contribution >= 0.6 is 11.3 Å². The lowest BCUT2D eigenvalue weighted by molar-refractivity contribution is 0.0595. The third-order valence-corrected chi connectivity index (χ3v) is 3.18. The van der Waals surface area contributed by atoms with Gasteiger partial charge in [0, 0.05) is 17.1 Å². The third kappa shape index (κ3) is 3.05. The maximum absolute atomic E-state index is 13.6. The summed E-state index contributed by atoms with van der Waals surface area (Å²) < 4.78 is 31.4. The van der Waals surface area contributed by atoms with Crippen LogP contribution in [0.2, 0.25) is 0 Å². The van der Waals surface area contributed by atoms with Crippen molar-refractivity contribution in [2.24, 2.45) is 0 Å². The summed E-state index contributed by atoms with van der Waals surface area (Å²) in [5.41, 5.74) is 1.38. The lowest BCUT2D eigenvalue weighted by Gasteiger charge is -2.09. The van der Waals surface area contributed by atoms with Gasteiger partial charge in [-0.3, -0.25) is 4.98 Å². The van der Waals surface area contributed by atoms with Crippen LogP contribution in [0.25, 0.3) is 0 Å². The highest BCUT2D eigenvalue weighted by atomic mass is 32.1. The molecule has 0 radical (unpaired) electrons. The first-order valence-electron chi connectivity index (χ1n) is 5.30. The Morgan fingerprint density at radius 1 is 1.42 bits per heavy atom. The first kappa shape index (κ1) is 13.4. The molecule has 0 spiro atoms. The van der Waals surface area contributed by atoms with Gasteiger partial charge in [-0.25, -0.2) is 13.6 Å². The summed E-state index contributed by atoms with van der Waals surface area (Å²) in [4.78, 5) is 16.1. The standard InChI is InChI=1S/C12H10F2N2O2S/c1-18-12(17)8-2-11(10(14)3-9(8)13)16-5-7-4-15-6-19-7/h2-4,6,16H,5H2,1H3. The molecule has 0 bridgehead atoms. The predicted molar refractivity (Wildman–Crippen MR) is 67.1 cm³/mol. The number of nitrogens with zero attached hydrogens (tertiary/aromatic N) is 1. The van der Waals surface area contributed by atoms with Gasteiger partial charge in [0.05, 0.1) is 30.4 Å². The van der Waals surface area contributed by atoms with E-state index < -0.39 is 17.6 Å². The maximum Gasteiger partial charge on any atom is 0.340 e. The Kier molecular flexibility index (Phi) is 4.06. The van der Waals surface area contributed by atoms with Crippen LogP contribution in [-0.2, 0) is 11.3 Å². The Balaban J connectivity index is 2.22. The van der Waals surface area contributed by atoms with E-state index in [0.717, 1.165) is 18.1 Å². The lowest BCUT2D eigenvalue weighted by Crippen LogP contribution is -2.08. The molecule has 2 aromatic rings. The summed E-state index contributed by atoms with van der Waals surface area (Å²) in [5.74, 6) is -2.57. The molecule has 0 fully saturated rings. The van der Waals surface area contributed by atoms with E-state index in [4.69, 9.17) is 0 Å². The van der Waals surface area contributed by atoms with Crippen molar-refractivity contribution in [2.45, 2.75) is 6.54 Å². The zero-order valence-corrected chi connectivity index (χ0v) is 10.8. The van der Waals surface area contributed by atoms with Gasteiger partial charge >= 0.3 is 5.97 Å². The van der Waals surface area contributed by atoms with Crippen molar-refractivity contribution in [2.75, 3.05) is 12.4 Å². The van der Waals surface area contributed by atoms with Gasteiger partial charge in [0.2, 0.25) is 0 Å². The summed E-state index contributed by atoms with van der Waals surface area (Å²) in [6, 6.07) is 1.75. The Hall–Kier alpha value is -2.02. The van der Waals surface area contributed by atoms with Gasteiger partial charge in [-0.1, -0.05) is 0 Å². The summed E-state index contributed by atoms with van der Waals surface area (Å²) in [7, 11) is 1.13. The zero-order chi connectivity index (χ0) is 13.8. The fraction of sp³-hybridized carbons (Fsp3) is 0.167. The molecular formula is C12H10F2N2O2S. The van der Waals surface area contributed by atoms with E-state index in [-0.39, 0.29) is 11.3 Å². The molecule has 0 unspecified atom stereocenters. The molecule has 0 aliphatic heterocycles. The molecule has 1 N–H and O–H groups in total. The zero-order valence-electron chi connectivity index (χ0n) is 9.94. The number of carbonyl (C=O) groups excluding carboxylic acids is 1. The largest absolute Gasteiger partial charge is 0.465 e. The van der Waals surface area contributed by atoms with Gasteiger partial charge < -0.3 is 10.1 Å². The van der Waals surface area contributed by atoms with Crippen LogP contribution in [0, 0.1) is 11.6 Å². The average molecular weight is 284 g/mol. The van der Waals surface area contributed by atoms with Gasteiger partial charge in [-0.05, 0) is 6.07 Å². The van der Waals surface area contributed by atoms with Gasteiger partial charge in [-0.2, -0.15) is 0 Å². The van der Waals surface area contributed by atoms with E-state index in [0.29, 0.717) is 12.6 Å². The minimum absolute atomic E-state index is 0.0372. The van der Waals surface area contributed by atoms with Crippen molar-refractivity contribution < 1.29 is 18.3 Å². The highest BCUT2D eigenvalue weighted by molar-refractivity contribution is 7.09. The fourth-order valence-corrected chi connectivity index (χ4v) is 2.00. The minimum Gasteiger partial charge on any atom is -0.465 e. The first-order valence-corrected chi connectivity index (χ1v) is 6.18. The van der Waals surface area contributed by atoms with Crippen LogP contribution in [0.15, 0.2) is 23.8 Å². The number of methoxy groups -OCH3 is 1. The maximum atomic E-state index is 13.6. The van der Waals surface area contributed by atoms with Crippen molar-refractivity contribution in [3.8, 4) is 0 Å². The topological polar surface area (TPSA) is 51.2 Å². The number of hydrogen-bond acceptors (Lipinski definition) is 5. The number of rotatable bonds is 4. The van der Waals surface area contributed by atoms with Gasteiger partial charge in [-0.15, -0.1) is 11.3 Å². The molecular weight excluding hydrogens is 274 g/mol. The highest BCUT2D eigenvalue weighted by Crippen LogP contribution is 2.21. The van der Waals surface area contributed by atoms with E-state index in [1.165, 1.54) is 11.3 Å². The number of esters is 1. The molecule has 1 aromatic carbocycles. The van der Waals surface area contributed by atoms with Crippen LogP contribution in [0.1, 0.15) is 15.2 Å². The number of nitrogens with one attached hydrogen (secondary N) is 1. The number of ether oxygens (including phenoxy) is 1. The van der Waals surface area contributed by atoms with Crippen molar-refractivity contribution in [1.82, 2.24) is 4.98 Å². The summed E-state index contributed by atoms with van der Waals surface area (Å²) in [6.45, 7) is 0.341. The van der Waals surface area contributed by atoms with Gasteiger partial charge in [0.25, 0.3) is 0 Å². The Morgan fingerprint density at radius 2 is 2.21 bits per heavy atom. The summed E-state index contributed by atoms with van der Waals surface area (Å²) in [6.07, 6.45) is 1.64. The minimum atomic E-state index is -0.951. The number of hydrogen-bond donors (Lipinski definition) is 1. The molecule has 19 heavy (non-hydrogen) atoms. The lowest BCUT2D eigenvalue weighted by atomic mass is 10.1. The molecule has 100 valence electrons. The van der Waals surface area contributed by atoms with Crippen molar-refractivity contribution >= 4 is 23.0 Å². The second-order valence-corrected chi connectivity index (χ2v) is 4.60. The van der Waals surface area contributed by atoms with Crippen LogP contribution in [-0.4, -0.2) is 18.1 Å². The Bertz CT molecular complexity index is 588. The van der Waals surface area contributed by atoms with Crippen LogP contribution in [0.4, 0.5) is 14.5 Å². The molecule has 7 heteroatoms. The molecule has 0 aliphatic rings. The first-order chi connectivity index (χ1) is 9.11. The molecule has 4 nitrogen and oxygen atoms in total. The number of anilines is 1. The number of carbonyl (C=O) groups is 1. The monoisotopic (exact) mass is 284 g/mol. The number of aromatic nitrogens is 1. The molecule has 1 heterocycles. The van der Waals surface area contributed by atoms with Crippen molar-refractivity contribution in [3.05, 3.63) is 45.9 Å². The normalized spacial score (nSPS) is 10.3. The SMILES string of the molecule is COC(=O)c1cc(NCc2cncs2)c(F)cc1F. The number of halogens is 2. The van der Waals surface area contributed by atoms with Crippen LogP contribution in [0.3, 0.4) is 0 Å². The molecule has 0 saturated heterocycles. The number of benzene rings is 1.